The van der Waals surface area contributed by atoms with Gasteiger partial charge in [0.05, 0.1) is 10.6 Å². The standard InChI is InChI=1S/C12H16N4O3/c1-14-5-7-15(8-6-14)9-3-2-4-10(16(18)19)11(9)12(13)17/h2-4H,5-8H2,1H3,(H2,13,17). The summed E-state index contributed by atoms with van der Waals surface area (Å²) in [6.07, 6.45) is 0. The van der Waals surface area contributed by atoms with E-state index in [9.17, 15) is 14.9 Å². The van der Waals surface area contributed by atoms with Crippen LogP contribution in [0.3, 0.4) is 0 Å². The molecule has 0 radical (unpaired) electrons. The first-order valence-corrected chi connectivity index (χ1v) is 6.01. The Morgan fingerprint density at radius 1 is 1.32 bits per heavy atom. The zero-order valence-electron chi connectivity index (χ0n) is 10.7. The summed E-state index contributed by atoms with van der Waals surface area (Å²) in [5.74, 6) is -0.763. The molecule has 0 aliphatic carbocycles. The van der Waals surface area contributed by atoms with Crippen molar-refractivity contribution in [3.63, 3.8) is 0 Å². The molecule has 2 N–H and O–H groups in total. The van der Waals surface area contributed by atoms with Gasteiger partial charge in [-0.3, -0.25) is 14.9 Å². The molecular weight excluding hydrogens is 248 g/mol. The number of piperazine rings is 1. The van der Waals surface area contributed by atoms with Crippen LogP contribution in [-0.4, -0.2) is 49.0 Å². The third-order valence-electron chi connectivity index (χ3n) is 3.31. The Morgan fingerprint density at radius 3 is 2.47 bits per heavy atom. The number of hydrogen-bond donors (Lipinski definition) is 1. The molecule has 0 saturated carbocycles. The normalized spacial score (nSPS) is 16.4. The zero-order chi connectivity index (χ0) is 14.0. The van der Waals surface area contributed by atoms with Gasteiger partial charge >= 0.3 is 0 Å². The second-order valence-electron chi connectivity index (χ2n) is 4.58. The first kappa shape index (κ1) is 13.3. The molecule has 0 bridgehead atoms. The Balaban J connectivity index is 2.42. The van der Waals surface area contributed by atoms with Crippen LogP contribution in [-0.2, 0) is 0 Å². The first-order chi connectivity index (χ1) is 9.00. The first-order valence-electron chi connectivity index (χ1n) is 6.01. The third kappa shape index (κ3) is 2.65. The van der Waals surface area contributed by atoms with E-state index in [-0.39, 0.29) is 11.3 Å². The van der Waals surface area contributed by atoms with Crippen molar-refractivity contribution in [3.8, 4) is 0 Å². The summed E-state index contributed by atoms with van der Waals surface area (Å²) in [6, 6.07) is 4.59. The Hall–Kier alpha value is -2.15. The fraction of sp³-hybridized carbons (Fsp3) is 0.417. The lowest BCUT2D eigenvalue weighted by Gasteiger charge is -2.34. The molecule has 1 aliphatic heterocycles. The van der Waals surface area contributed by atoms with Crippen molar-refractivity contribution in [3.05, 3.63) is 33.9 Å². The summed E-state index contributed by atoms with van der Waals surface area (Å²) in [5, 5.41) is 11.0. The van der Waals surface area contributed by atoms with E-state index < -0.39 is 10.8 Å². The molecule has 1 saturated heterocycles. The smallest absolute Gasteiger partial charge is 0.284 e. The summed E-state index contributed by atoms with van der Waals surface area (Å²) in [6.45, 7) is 3.14. The molecule has 1 aromatic rings. The van der Waals surface area contributed by atoms with Gasteiger partial charge in [0.2, 0.25) is 0 Å². The maximum absolute atomic E-state index is 11.5. The number of carbonyl (C=O) groups is 1. The second kappa shape index (κ2) is 5.23. The lowest BCUT2D eigenvalue weighted by atomic mass is 10.1. The number of rotatable bonds is 3. The lowest BCUT2D eigenvalue weighted by Crippen LogP contribution is -2.45. The van der Waals surface area contributed by atoms with Crippen LogP contribution >= 0.6 is 0 Å². The number of nitro benzene ring substituents is 1. The minimum Gasteiger partial charge on any atom is -0.368 e. The lowest BCUT2D eigenvalue weighted by molar-refractivity contribution is -0.385. The molecule has 1 aromatic carbocycles. The molecule has 1 amide bonds. The van der Waals surface area contributed by atoms with Crippen molar-refractivity contribution in [1.29, 1.82) is 0 Å². The van der Waals surface area contributed by atoms with E-state index in [1.165, 1.54) is 6.07 Å². The number of hydrogen-bond acceptors (Lipinski definition) is 5. The highest BCUT2D eigenvalue weighted by atomic mass is 16.6. The Labute approximate surface area is 110 Å². The molecule has 0 unspecified atom stereocenters. The Kier molecular flexibility index (Phi) is 3.66. The Morgan fingerprint density at radius 2 is 1.95 bits per heavy atom. The zero-order valence-corrected chi connectivity index (χ0v) is 10.7. The minimum absolute atomic E-state index is 0.00273. The number of nitrogens with zero attached hydrogens (tertiary/aromatic N) is 3. The van der Waals surface area contributed by atoms with Gasteiger partial charge in [-0.25, -0.2) is 0 Å². The van der Waals surface area contributed by atoms with Gasteiger partial charge in [0, 0.05) is 32.2 Å². The summed E-state index contributed by atoms with van der Waals surface area (Å²) in [5.41, 5.74) is 5.62. The van der Waals surface area contributed by atoms with Crippen molar-refractivity contribution >= 4 is 17.3 Å². The van der Waals surface area contributed by atoms with Crippen LogP contribution in [0.2, 0.25) is 0 Å². The molecule has 1 fully saturated rings. The number of nitrogens with two attached hydrogens (primary N) is 1. The fourth-order valence-electron chi connectivity index (χ4n) is 2.24. The highest BCUT2D eigenvalue weighted by molar-refractivity contribution is 6.02. The van der Waals surface area contributed by atoms with E-state index in [1.54, 1.807) is 12.1 Å². The molecule has 7 nitrogen and oxygen atoms in total. The van der Waals surface area contributed by atoms with E-state index in [0.29, 0.717) is 5.69 Å². The number of nitro groups is 1. The molecular formula is C12H16N4O3. The van der Waals surface area contributed by atoms with Crippen LogP contribution in [0.25, 0.3) is 0 Å². The molecule has 7 heteroatoms. The summed E-state index contributed by atoms with van der Waals surface area (Å²) in [4.78, 5) is 26.1. The quantitative estimate of drug-likeness (QED) is 0.632. The van der Waals surface area contributed by atoms with E-state index in [0.717, 1.165) is 26.2 Å². The maximum Gasteiger partial charge on any atom is 0.284 e. The summed E-state index contributed by atoms with van der Waals surface area (Å²) in [7, 11) is 2.01. The third-order valence-corrected chi connectivity index (χ3v) is 3.31. The van der Waals surface area contributed by atoms with E-state index in [4.69, 9.17) is 5.73 Å². The van der Waals surface area contributed by atoms with Crippen molar-refractivity contribution in [1.82, 2.24) is 4.90 Å². The van der Waals surface area contributed by atoms with Gasteiger partial charge in [-0.15, -0.1) is 0 Å². The number of benzene rings is 1. The van der Waals surface area contributed by atoms with Crippen molar-refractivity contribution in [2.24, 2.45) is 5.73 Å². The average molecular weight is 264 g/mol. The highest BCUT2D eigenvalue weighted by Crippen LogP contribution is 2.29. The van der Waals surface area contributed by atoms with E-state index in [2.05, 4.69) is 4.90 Å². The van der Waals surface area contributed by atoms with E-state index in [1.807, 2.05) is 11.9 Å². The largest absolute Gasteiger partial charge is 0.368 e. The topological polar surface area (TPSA) is 92.7 Å². The van der Waals surface area contributed by atoms with Crippen LogP contribution in [0.1, 0.15) is 10.4 Å². The van der Waals surface area contributed by atoms with Gasteiger partial charge in [-0.1, -0.05) is 6.07 Å². The predicted octanol–water partition coefficient (Wildman–Crippen LogP) is 0.445. The SMILES string of the molecule is CN1CCN(c2cccc([N+](=O)[O-])c2C(N)=O)CC1. The van der Waals surface area contributed by atoms with Gasteiger partial charge in [0.15, 0.2) is 0 Å². The van der Waals surface area contributed by atoms with Crippen molar-refractivity contribution < 1.29 is 9.72 Å². The average Bonchev–Trinajstić information content (AvgIpc) is 2.38. The second-order valence-corrected chi connectivity index (χ2v) is 4.58. The van der Waals surface area contributed by atoms with Crippen LogP contribution < -0.4 is 10.6 Å². The van der Waals surface area contributed by atoms with Crippen LogP contribution in [0.5, 0.6) is 0 Å². The van der Waals surface area contributed by atoms with Crippen molar-refractivity contribution in [2.75, 3.05) is 38.1 Å². The number of primary amides is 1. The predicted molar refractivity (Wildman–Crippen MR) is 71.3 cm³/mol. The van der Waals surface area contributed by atoms with Crippen LogP contribution in [0.4, 0.5) is 11.4 Å². The number of anilines is 1. The number of carbonyl (C=O) groups excluding carboxylic acids is 1. The van der Waals surface area contributed by atoms with Crippen LogP contribution in [0, 0.1) is 10.1 Å². The number of amides is 1. The highest BCUT2D eigenvalue weighted by Gasteiger charge is 2.26. The molecule has 0 atom stereocenters. The van der Waals surface area contributed by atoms with Crippen molar-refractivity contribution in [2.45, 2.75) is 0 Å². The van der Waals surface area contributed by atoms with Gasteiger partial charge in [0.1, 0.15) is 5.56 Å². The molecule has 1 heterocycles. The molecule has 0 aromatic heterocycles. The maximum atomic E-state index is 11.5. The molecule has 1 aliphatic rings. The van der Waals surface area contributed by atoms with Gasteiger partial charge in [-0.05, 0) is 13.1 Å². The summed E-state index contributed by atoms with van der Waals surface area (Å²) >= 11 is 0. The van der Waals surface area contributed by atoms with Gasteiger partial charge in [0.25, 0.3) is 11.6 Å². The Bertz CT molecular complexity index is 510. The van der Waals surface area contributed by atoms with Gasteiger partial charge < -0.3 is 15.5 Å². The molecule has 2 rings (SSSR count). The molecule has 102 valence electrons. The molecule has 0 spiro atoms. The van der Waals surface area contributed by atoms with E-state index >= 15 is 0 Å². The molecule has 19 heavy (non-hydrogen) atoms. The van der Waals surface area contributed by atoms with Crippen LogP contribution in [0.15, 0.2) is 18.2 Å². The fourth-order valence-corrected chi connectivity index (χ4v) is 2.24. The number of likely N-dealkylation sites (N-methyl/N-ethyl adjacent to an activating group) is 1. The van der Waals surface area contributed by atoms with Gasteiger partial charge in [-0.2, -0.15) is 0 Å². The summed E-state index contributed by atoms with van der Waals surface area (Å²) < 4.78 is 0. The monoisotopic (exact) mass is 264 g/mol. The minimum atomic E-state index is -0.763.